The Balaban J connectivity index is 2.31. The molecular formula is C14H20F2N2O4. The molecule has 1 aliphatic heterocycles. The molecule has 0 saturated carbocycles. The summed E-state index contributed by atoms with van der Waals surface area (Å²) >= 11 is 0. The fraction of sp³-hybridized carbons (Fsp3) is 0.714. The van der Waals surface area contributed by atoms with Crippen LogP contribution in [-0.4, -0.2) is 45.0 Å². The molecule has 0 radical (unpaired) electrons. The van der Waals surface area contributed by atoms with E-state index in [1.165, 1.54) is 12.3 Å². The average molecular weight is 318 g/mol. The maximum absolute atomic E-state index is 14.3. The van der Waals surface area contributed by atoms with Gasteiger partial charge in [-0.05, 0) is 33.8 Å². The Morgan fingerprint density at radius 1 is 1.45 bits per heavy atom. The maximum Gasteiger partial charge on any atom is 0.350 e. The van der Waals surface area contributed by atoms with Crippen LogP contribution in [0, 0.1) is 6.92 Å². The highest BCUT2D eigenvalue weighted by molar-refractivity contribution is 5.02. The van der Waals surface area contributed by atoms with E-state index in [-0.39, 0.29) is 6.10 Å². The highest BCUT2D eigenvalue weighted by Gasteiger charge is 2.61. The van der Waals surface area contributed by atoms with Crippen LogP contribution >= 0.6 is 0 Å². The highest BCUT2D eigenvalue weighted by Crippen LogP contribution is 2.43. The second-order valence-electron chi connectivity index (χ2n) is 5.72. The predicted molar refractivity (Wildman–Crippen MR) is 73.8 cm³/mol. The molecular weight excluding hydrogens is 298 g/mol. The van der Waals surface area contributed by atoms with Gasteiger partial charge in [0.15, 0.2) is 6.10 Å². The van der Waals surface area contributed by atoms with Crippen LogP contribution < -0.4 is 5.69 Å². The summed E-state index contributed by atoms with van der Waals surface area (Å²) in [5.41, 5.74) is -0.439. The summed E-state index contributed by atoms with van der Waals surface area (Å²) in [4.78, 5) is 15.4. The maximum atomic E-state index is 14.3. The fourth-order valence-electron chi connectivity index (χ4n) is 2.48. The van der Waals surface area contributed by atoms with Crippen molar-refractivity contribution in [3.63, 3.8) is 0 Å². The summed E-state index contributed by atoms with van der Waals surface area (Å²) in [5, 5.41) is 9.89. The average Bonchev–Trinajstić information content (AvgIpc) is 2.61. The number of aromatic nitrogens is 2. The van der Waals surface area contributed by atoms with Crippen LogP contribution in [-0.2, 0) is 9.47 Å². The number of aryl methyl sites for hydroxylation is 1. The van der Waals surface area contributed by atoms with Gasteiger partial charge in [-0.2, -0.15) is 13.8 Å². The van der Waals surface area contributed by atoms with Crippen LogP contribution in [0.4, 0.5) is 8.78 Å². The highest BCUT2D eigenvalue weighted by atomic mass is 19.3. The first-order valence-corrected chi connectivity index (χ1v) is 7.07. The van der Waals surface area contributed by atoms with Crippen molar-refractivity contribution in [2.45, 2.75) is 64.3 Å². The van der Waals surface area contributed by atoms with Crippen molar-refractivity contribution < 1.29 is 23.4 Å². The molecule has 1 unspecified atom stereocenters. The quantitative estimate of drug-likeness (QED) is 0.905. The second kappa shape index (κ2) is 6.02. The van der Waals surface area contributed by atoms with E-state index in [2.05, 4.69) is 4.98 Å². The minimum absolute atomic E-state index is 0.206. The Kier molecular flexibility index (Phi) is 4.65. The number of nitrogens with zero attached hydrogens (tertiary/aromatic N) is 2. The molecule has 1 aromatic heterocycles. The Morgan fingerprint density at radius 2 is 2.09 bits per heavy atom. The molecule has 0 aromatic carbocycles. The third-order valence-electron chi connectivity index (χ3n) is 3.49. The van der Waals surface area contributed by atoms with E-state index in [4.69, 9.17) is 9.47 Å². The first-order chi connectivity index (χ1) is 10.1. The van der Waals surface area contributed by atoms with Crippen LogP contribution in [0.2, 0.25) is 0 Å². The third-order valence-corrected chi connectivity index (χ3v) is 3.49. The van der Waals surface area contributed by atoms with Gasteiger partial charge in [-0.25, -0.2) is 4.79 Å². The lowest BCUT2D eigenvalue weighted by atomic mass is 10.1. The van der Waals surface area contributed by atoms with Gasteiger partial charge in [0.1, 0.15) is 6.10 Å². The van der Waals surface area contributed by atoms with Crippen molar-refractivity contribution in [3.8, 4) is 0 Å². The molecule has 124 valence electrons. The van der Waals surface area contributed by atoms with E-state index in [9.17, 15) is 18.7 Å². The number of alkyl halides is 2. The van der Waals surface area contributed by atoms with Crippen molar-refractivity contribution in [3.05, 3.63) is 28.4 Å². The number of ether oxygens (including phenoxy) is 2. The van der Waals surface area contributed by atoms with E-state index >= 15 is 0 Å². The second-order valence-corrected chi connectivity index (χ2v) is 5.72. The van der Waals surface area contributed by atoms with Crippen LogP contribution in [0.5, 0.6) is 0 Å². The molecule has 0 spiro atoms. The van der Waals surface area contributed by atoms with Crippen LogP contribution in [0.25, 0.3) is 0 Å². The molecule has 8 heteroatoms. The summed E-state index contributed by atoms with van der Waals surface area (Å²) in [5.74, 6) is -3.62. The summed E-state index contributed by atoms with van der Waals surface area (Å²) in [6.07, 6.45) is -4.99. The van der Waals surface area contributed by atoms with E-state index < -0.39 is 36.2 Å². The van der Waals surface area contributed by atoms with Crippen molar-refractivity contribution in [1.29, 1.82) is 0 Å². The molecule has 22 heavy (non-hydrogen) atoms. The van der Waals surface area contributed by atoms with Gasteiger partial charge in [-0.1, -0.05) is 0 Å². The summed E-state index contributed by atoms with van der Waals surface area (Å²) in [7, 11) is 0. The van der Waals surface area contributed by atoms with Crippen LogP contribution in [0.15, 0.2) is 17.1 Å². The van der Waals surface area contributed by atoms with E-state index in [1.807, 2.05) is 0 Å². The lowest BCUT2D eigenvalue weighted by Crippen LogP contribution is -2.44. The molecule has 1 N–H and O–H groups in total. The van der Waals surface area contributed by atoms with Crippen molar-refractivity contribution in [2.24, 2.45) is 0 Å². The summed E-state index contributed by atoms with van der Waals surface area (Å²) in [6.45, 7) is 6.63. The van der Waals surface area contributed by atoms with E-state index in [1.54, 1.807) is 27.7 Å². The number of aliphatic hydroxyl groups excluding tert-OH is 1. The van der Waals surface area contributed by atoms with Gasteiger partial charge in [0.25, 0.3) is 0 Å². The van der Waals surface area contributed by atoms with E-state index in [0.29, 0.717) is 10.3 Å². The Labute approximate surface area is 126 Å². The molecule has 1 fully saturated rings. The molecule has 0 bridgehead atoms. The predicted octanol–water partition coefficient (Wildman–Crippen LogP) is 1.26. The van der Waals surface area contributed by atoms with Gasteiger partial charge in [0, 0.05) is 11.9 Å². The first-order valence-electron chi connectivity index (χ1n) is 7.07. The molecule has 4 atom stereocenters. The van der Waals surface area contributed by atoms with E-state index in [0.717, 1.165) is 0 Å². The fourth-order valence-corrected chi connectivity index (χ4v) is 2.48. The Morgan fingerprint density at radius 3 is 2.64 bits per heavy atom. The van der Waals surface area contributed by atoms with Crippen LogP contribution in [0.3, 0.4) is 0 Å². The zero-order valence-electron chi connectivity index (χ0n) is 12.9. The molecule has 2 heterocycles. The normalized spacial score (nSPS) is 29.0. The van der Waals surface area contributed by atoms with Gasteiger partial charge in [0.05, 0.1) is 12.2 Å². The smallest absolute Gasteiger partial charge is 0.350 e. The molecule has 6 nitrogen and oxygen atoms in total. The zero-order chi connectivity index (χ0) is 16.7. The third kappa shape index (κ3) is 3.04. The van der Waals surface area contributed by atoms with Gasteiger partial charge in [0.2, 0.25) is 6.23 Å². The topological polar surface area (TPSA) is 73.6 Å². The first kappa shape index (κ1) is 17.0. The van der Waals surface area contributed by atoms with Crippen molar-refractivity contribution in [1.82, 2.24) is 9.55 Å². The lowest BCUT2D eigenvalue weighted by molar-refractivity contribution is -0.142. The Hall–Kier alpha value is -1.38. The van der Waals surface area contributed by atoms with Gasteiger partial charge in [-0.15, -0.1) is 0 Å². The summed E-state index contributed by atoms with van der Waals surface area (Å²) in [6, 6.07) is 1.43. The number of hydrogen-bond acceptors (Lipinski definition) is 5. The Bertz CT molecular complexity index is 590. The SMILES string of the molecule is Cc1ccn([C@@H]2O[C@H](C(C)OC(C)C)[C@@H](O)C2(F)F)c(=O)n1. The van der Waals surface area contributed by atoms with Gasteiger partial charge in [-0.3, -0.25) is 4.57 Å². The molecule has 0 aliphatic carbocycles. The molecule has 1 aromatic rings. The monoisotopic (exact) mass is 318 g/mol. The summed E-state index contributed by atoms with van der Waals surface area (Å²) < 4.78 is 40.0. The minimum atomic E-state index is -3.62. The number of rotatable bonds is 4. The van der Waals surface area contributed by atoms with Gasteiger partial charge >= 0.3 is 11.6 Å². The van der Waals surface area contributed by atoms with Crippen molar-refractivity contribution in [2.75, 3.05) is 0 Å². The number of halogens is 2. The number of aliphatic hydroxyl groups is 1. The number of hydrogen-bond donors (Lipinski definition) is 1. The zero-order valence-corrected chi connectivity index (χ0v) is 12.9. The largest absolute Gasteiger partial charge is 0.384 e. The molecule has 2 rings (SSSR count). The molecule has 0 amide bonds. The molecule has 1 aliphatic rings. The minimum Gasteiger partial charge on any atom is -0.384 e. The lowest BCUT2D eigenvalue weighted by Gasteiger charge is -2.24. The standard InChI is InChI=1S/C14H20F2N2O4/c1-7(2)21-9(4)10-11(19)14(15,16)12(22-10)18-6-5-8(3)17-13(18)20/h5-7,9-12,19H,1-4H3/t9?,10-,11-,12-/m1/s1. The van der Waals surface area contributed by atoms with Gasteiger partial charge < -0.3 is 14.6 Å². The van der Waals surface area contributed by atoms with Crippen LogP contribution in [0.1, 0.15) is 32.7 Å². The molecule has 1 saturated heterocycles. The van der Waals surface area contributed by atoms with Crippen molar-refractivity contribution >= 4 is 0 Å².